The molecule has 5 heteroatoms. The number of ether oxygens (including phenoxy) is 1. The van der Waals surface area contributed by atoms with Crippen LogP contribution >= 0.6 is 0 Å². The summed E-state index contributed by atoms with van der Waals surface area (Å²) < 4.78 is 31.5. The van der Waals surface area contributed by atoms with Crippen molar-refractivity contribution in [2.75, 3.05) is 7.05 Å². The molecule has 0 aliphatic heterocycles. The van der Waals surface area contributed by atoms with Gasteiger partial charge in [-0.3, -0.25) is 0 Å². The molecule has 2 rings (SSSR count). The van der Waals surface area contributed by atoms with Gasteiger partial charge in [0.15, 0.2) is 11.6 Å². The fourth-order valence-corrected chi connectivity index (χ4v) is 1.67. The van der Waals surface area contributed by atoms with Crippen molar-refractivity contribution in [3.05, 3.63) is 53.2 Å². The Kier molecular flexibility index (Phi) is 4.06. The molecule has 0 aliphatic carbocycles. The summed E-state index contributed by atoms with van der Waals surface area (Å²) in [7, 11) is 1.84. The summed E-state index contributed by atoms with van der Waals surface area (Å²) in [6, 6.07) is 6.67. The second-order valence-corrected chi connectivity index (χ2v) is 4.10. The van der Waals surface area contributed by atoms with E-state index in [9.17, 15) is 8.78 Å². The molecule has 2 aromatic rings. The van der Waals surface area contributed by atoms with Crippen molar-refractivity contribution < 1.29 is 13.5 Å². The molecule has 19 heavy (non-hydrogen) atoms. The van der Waals surface area contributed by atoms with Gasteiger partial charge in [-0.1, -0.05) is 6.07 Å². The summed E-state index contributed by atoms with van der Waals surface area (Å²) in [5, 5.41) is 3.03. The number of benzene rings is 1. The number of pyridine rings is 1. The van der Waals surface area contributed by atoms with Crippen LogP contribution in [0.5, 0.6) is 11.6 Å². The molecule has 0 atom stereocenters. The number of rotatable bonds is 4. The quantitative estimate of drug-likeness (QED) is 0.921. The van der Waals surface area contributed by atoms with Gasteiger partial charge in [-0.15, -0.1) is 0 Å². The Morgan fingerprint density at radius 2 is 2.00 bits per heavy atom. The van der Waals surface area contributed by atoms with E-state index in [1.165, 1.54) is 6.07 Å². The van der Waals surface area contributed by atoms with Crippen LogP contribution < -0.4 is 10.1 Å². The second kappa shape index (κ2) is 5.75. The van der Waals surface area contributed by atoms with Gasteiger partial charge in [0.25, 0.3) is 0 Å². The van der Waals surface area contributed by atoms with E-state index in [-0.39, 0.29) is 11.6 Å². The third-order valence-electron chi connectivity index (χ3n) is 2.65. The maximum atomic E-state index is 13.4. The van der Waals surface area contributed by atoms with Crippen LogP contribution in [0.25, 0.3) is 0 Å². The third-order valence-corrected chi connectivity index (χ3v) is 2.65. The van der Waals surface area contributed by atoms with E-state index in [1.54, 1.807) is 6.07 Å². The first-order chi connectivity index (χ1) is 9.10. The van der Waals surface area contributed by atoms with Gasteiger partial charge in [0.2, 0.25) is 5.88 Å². The van der Waals surface area contributed by atoms with E-state index in [4.69, 9.17) is 4.74 Å². The monoisotopic (exact) mass is 264 g/mol. The Labute approximate surface area is 110 Å². The third kappa shape index (κ3) is 3.26. The van der Waals surface area contributed by atoms with Gasteiger partial charge >= 0.3 is 0 Å². The summed E-state index contributed by atoms with van der Waals surface area (Å²) in [5.74, 6) is -1.16. The maximum absolute atomic E-state index is 13.4. The normalized spacial score (nSPS) is 10.5. The summed E-state index contributed by atoms with van der Waals surface area (Å²) in [5.41, 5.74) is 1.84. The fraction of sp³-hybridized carbons (Fsp3) is 0.214. The summed E-state index contributed by atoms with van der Waals surface area (Å²) in [4.78, 5) is 4.23. The van der Waals surface area contributed by atoms with Gasteiger partial charge in [0.05, 0.1) is 0 Å². The van der Waals surface area contributed by atoms with Crippen molar-refractivity contribution in [2.24, 2.45) is 0 Å². The average molecular weight is 264 g/mol. The number of aryl methyl sites for hydroxylation is 1. The highest BCUT2D eigenvalue weighted by Crippen LogP contribution is 2.24. The first kappa shape index (κ1) is 13.4. The Hall–Kier alpha value is -2.01. The van der Waals surface area contributed by atoms with Crippen LogP contribution in [0.15, 0.2) is 30.3 Å². The van der Waals surface area contributed by atoms with Crippen LogP contribution in [-0.4, -0.2) is 12.0 Å². The number of nitrogens with one attached hydrogen (secondary N) is 1. The largest absolute Gasteiger partial charge is 0.436 e. The molecule has 1 aromatic carbocycles. The lowest BCUT2D eigenvalue weighted by molar-refractivity contribution is 0.422. The molecule has 0 radical (unpaired) electrons. The van der Waals surface area contributed by atoms with Crippen molar-refractivity contribution in [3.63, 3.8) is 0 Å². The molecule has 0 fully saturated rings. The topological polar surface area (TPSA) is 34.1 Å². The molecule has 0 bridgehead atoms. The van der Waals surface area contributed by atoms with E-state index < -0.39 is 11.6 Å². The number of hydrogen-bond acceptors (Lipinski definition) is 3. The molecule has 0 spiro atoms. The van der Waals surface area contributed by atoms with Crippen molar-refractivity contribution in [1.29, 1.82) is 0 Å². The van der Waals surface area contributed by atoms with Gasteiger partial charge in [-0.2, -0.15) is 0 Å². The number of aromatic nitrogens is 1. The zero-order valence-electron chi connectivity index (χ0n) is 10.7. The van der Waals surface area contributed by atoms with Gasteiger partial charge in [0, 0.05) is 24.4 Å². The van der Waals surface area contributed by atoms with Crippen LogP contribution in [0.2, 0.25) is 0 Å². The molecule has 0 saturated heterocycles. The minimum Gasteiger partial charge on any atom is -0.436 e. The Morgan fingerprint density at radius 1 is 1.21 bits per heavy atom. The van der Waals surface area contributed by atoms with Crippen molar-refractivity contribution in [3.8, 4) is 11.6 Å². The molecule has 0 amide bonds. The summed E-state index contributed by atoms with van der Waals surface area (Å²) in [6.45, 7) is 2.55. The Balaban J connectivity index is 2.21. The summed E-state index contributed by atoms with van der Waals surface area (Å²) >= 11 is 0. The van der Waals surface area contributed by atoms with Crippen molar-refractivity contribution in [1.82, 2.24) is 10.3 Å². The van der Waals surface area contributed by atoms with Crippen LogP contribution in [0.1, 0.15) is 11.3 Å². The van der Waals surface area contributed by atoms with E-state index in [0.717, 1.165) is 23.4 Å². The molecule has 1 heterocycles. The van der Waals surface area contributed by atoms with Gasteiger partial charge in [0.1, 0.15) is 5.82 Å². The molecule has 0 saturated carbocycles. The number of halogens is 2. The second-order valence-electron chi connectivity index (χ2n) is 4.10. The summed E-state index contributed by atoms with van der Waals surface area (Å²) in [6.07, 6.45) is 0. The fourth-order valence-electron chi connectivity index (χ4n) is 1.67. The minimum absolute atomic E-state index is 0.0466. The van der Waals surface area contributed by atoms with Gasteiger partial charge in [-0.05, 0) is 31.7 Å². The zero-order chi connectivity index (χ0) is 13.8. The van der Waals surface area contributed by atoms with E-state index in [2.05, 4.69) is 10.3 Å². The highest BCUT2D eigenvalue weighted by molar-refractivity contribution is 5.31. The standard InChI is InChI=1S/C14H14F2N2O/c1-9-10(8-17-2)3-6-14(18-9)19-13-5-4-11(15)7-12(13)16/h3-7,17H,8H2,1-2H3. The smallest absolute Gasteiger partial charge is 0.219 e. The SMILES string of the molecule is CNCc1ccc(Oc2ccc(F)cc2F)nc1C. The lowest BCUT2D eigenvalue weighted by atomic mass is 10.2. The highest BCUT2D eigenvalue weighted by Gasteiger charge is 2.08. The first-order valence-electron chi connectivity index (χ1n) is 5.84. The molecular formula is C14H14F2N2O. The molecule has 100 valence electrons. The lowest BCUT2D eigenvalue weighted by Gasteiger charge is -2.09. The lowest BCUT2D eigenvalue weighted by Crippen LogP contribution is -2.07. The van der Waals surface area contributed by atoms with E-state index >= 15 is 0 Å². The highest BCUT2D eigenvalue weighted by atomic mass is 19.1. The predicted molar refractivity (Wildman–Crippen MR) is 68.2 cm³/mol. The molecule has 0 aliphatic rings. The van der Waals surface area contributed by atoms with E-state index in [0.29, 0.717) is 6.54 Å². The zero-order valence-corrected chi connectivity index (χ0v) is 10.7. The maximum Gasteiger partial charge on any atom is 0.219 e. The molecule has 0 unspecified atom stereocenters. The van der Waals surface area contributed by atoms with Crippen molar-refractivity contribution >= 4 is 0 Å². The molecule has 1 N–H and O–H groups in total. The van der Waals surface area contributed by atoms with E-state index in [1.807, 2.05) is 20.0 Å². The van der Waals surface area contributed by atoms with Gasteiger partial charge in [-0.25, -0.2) is 13.8 Å². The predicted octanol–water partition coefficient (Wildman–Crippen LogP) is 3.18. The molecular weight excluding hydrogens is 250 g/mol. The first-order valence-corrected chi connectivity index (χ1v) is 5.84. The van der Waals surface area contributed by atoms with Crippen LogP contribution in [-0.2, 0) is 6.54 Å². The number of nitrogens with zero attached hydrogens (tertiary/aromatic N) is 1. The Bertz CT molecular complexity index is 588. The van der Waals surface area contributed by atoms with Gasteiger partial charge < -0.3 is 10.1 Å². The van der Waals surface area contributed by atoms with Crippen LogP contribution in [0, 0.1) is 18.6 Å². The molecule has 1 aromatic heterocycles. The number of hydrogen-bond donors (Lipinski definition) is 1. The van der Waals surface area contributed by atoms with Crippen molar-refractivity contribution in [2.45, 2.75) is 13.5 Å². The van der Waals surface area contributed by atoms with Crippen LogP contribution in [0.3, 0.4) is 0 Å². The average Bonchev–Trinajstić information content (AvgIpc) is 2.36. The van der Waals surface area contributed by atoms with Crippen LogP contribution in [0.4, 0.5) is 8.78 Å². The minimum atomic E-state index is -0.751. The molecule has 3 nitrogen and oxygen atoms in total. The Morgan fingerprint density at radius 3 is 2.63 bits per heavy atom.